The van der Waals surface area contributed by atoms with Crippen LogP contribution in [-0.2, 0) is 6.54 Å². The van der Waals surface area contributed by atoms with Gasteiger partial charge in [0, 0.05) is 24.3 Å². The quantitative estimate of drug-likeness (QED) is 0.851. The summed E-state index contributed by atoms with van der Waals surface area (Å²) in [4.78, 5) is 14.5. The third-order valence-electron chi connectivity index (χ3n) is 3.43. The van der Waals surface area contributed by atoms with Crippen molar-refractivity contribution in [3.05, 3.63) is 65.2 Å². The molecule has 2 rings (SSSR count). The van der Waals surface area contributed by atoms with Crippen molar-refractivity contribution in [2.45, 2.75) is 26.8 Å². The van der Waals surface area contributed by atoms with Crippen LogP contribution in [0.2, 0.25) is 0 Å². The first-order chi connectivity index (χ1) is 10.1. The van der Waals surface area contributed by atoms with E-state index in [-0.39, 0.29) is 5.91 Å². The summed E-state index contributed by atoms with van der Waals surface area (Å²) in [5.74, 6) is 0.0532. The van der Waals surface area contributed by atoms with Gasteiger partial charge in [0.05, 0.1) is 0 Å². The van der Waals surface area contributed by atoms with Gasteiger partial charge in [-0.15, -0.1) is 0 Å². The number of hydrogen-bond donors (Lipinski definition) is 1. The molecule has 0 aliphatic heterocycles. The Morgan fingerprint density at radius 1 is 1.05 bits per heavy atom. The minimum atomic E-state index is 0.0532. The molecule has 0 spiro atoms. The fourth-order valence-electron chi connectivity index (χ4n) is 2.24. The summed E-state index contributed by atoms with van der Waals surface area (Å²) in [6.45, 7) is 5.53. The number of nitrogen functional groups attached to an aromatic ring is 1. The maximum Gasteiger partial charge on any atom is 0.254 e. The molecule has 0 aliphatic rings. The fourth-order valence-corrected chi connectivity index (χ4v) is 2.24. The van der Waals surface area contributed by atoms with E-state index in [9.17, 15) is 4.79 Å². The Bertz CT molecular complexity index is 588. The first-order valence-corrected chi connectivity index (χ1v) is 7.30. The van der Waals surface area contributed by atoms with Gasteiger partial charge in [0.1, 0.15) is 0 Å². The van der Waals surface area contributed by atoms with Crippen LogP contribution in [0.5, 0.6) is 0 Å². The Labute approximate surface area is 126 Å². The maximum atomic E-state index is 12.6. The van der Waals surface area contributed by atoms with Crippen LogP contribution < -0.4 is 5.73 Å². The Hall–Kier alpha value is -2.29. The summed E-state index contributed by atoms with van der Waals surface area (Å²) in [5.41, 5.74) is 9.41. The first-order valence-electron chi connectivity index (χ1n) is 7.30. The van der Waals surface area contributed by atoms with Crippen LogP contribution in [0, 0.1) is 6.92 Å². The van der Waals surface area contributed by atoms with Crippen LogP contribution in [0.4, 0.5) is 5.69 Å². The molecule has 0 atom stereocenters. The molecule has 0 aromatic heterocycles. The number of carbonyl (C=O) groups is 1. The number of benzene rings is 2. The molecule has 0 unspecified atom stereocenters. The van der Waals surface area contributed by atoms with Crippen molar-refractivity contribution in [2.75, 3.05) is 12.3 Å². The van der Waals surface area contributed by atoms with Crippen molar-refractivity contribution in [3.8, 4) is 0 Å². The molecule has 2 N–H and O–H groups in total. The average Bonchev–Trinajstić information content (AvgIpc) is 2.49. The van der Waals surface area contributed by atoms with Crippen molar-refractivity contribution < 1.29 is 4.79 Å². The smallest absolute Gasteiger partial charge is 0.254 e. The highest BCUT2D eigenvalue weighted by atomic mass is 16.2. The molecule has 2 aromatic rings. The Balaban J connectivity index is 2.15. The summed E-state index contributed by atoms with van der Waals surface area (Å²) in [7, 11) is 0. The van der Waals surface area contributed by atoms with Gasteiger partial charge in [-0.05, 0) is 43.2 Å². The zero-order valence-corrected chi connectivity index (χ0v) is 12.7. The van der Waals surface area contributed by atoms with Crippen LogP contribution in [0.15, 0.2) is 48.5 Å². The van der Waals surface area contributed by atoms with E-state index in [2.05, 4.69) is 38.1 Å². The molecule has 0 radical (unpaired) electrons. The van der Waals surface area contributed by atoms with E-state index in [1.807, 2.05) is 4.90 Å². The van der Waals surface area contributed by atoms with Gasteiger partial charge >= 0.3 is 0 Å². The minimum absolute atomic E-state index is 0.0532. The number of nitrogens with two attached hydrogens (primary N) is 1. The van der Waals surface area contributed by atoms with E-state index in [1.165, 1.54) is 5.56 Å². The predicted octanol–water partition coefficient (Wildman–Crippen LogP) is 3.63. The molecule has 0 saturated heterocycles. The summed E-state index contributed by atoms with van der Waals surface area (Å²) in [5, 5.41) is 0. The van der Waals surface area contributed by atoms with E-state index in [4.69, 9.17) is 5.73 Å². The number of carbonyl (C=O) groups excluding carboxylic acids is 1. The second kappa shape index (κ2) is 6.93. The Morgan fingerprint density at radius 2 is 1.67 bits per heavy atom. The number of amides is 1. The van der Waals surface area contributed by atoms with Gasteiger partial charge in [0.25, 0.3) is 5.91 Å². The molecular formula is C18H22N2O. The summed E-state index contributed by atoms with van der Waals surface area (Å²) < 4.78 is 0. The van der Waals surface area contributed by atoms with Crippen LogP contribution in [0.1, 0.15) is 34.8 Å². The largest absolute Gasteiger partial charge is 0.399 e. The lowest BCUT2D eigenvalue weighted by molar-refractivity contribution is 0.0743. The SMILES string of the molecule is CCCN(Cc1ccc(C)cc1)C(=O)c1ccc(N)cc1. The lowest BCUT2D eigenvalue weighted by atomic mass is 10.1. The number of rotatable bonds is 5. The van der Waals surface area contributed by atoms with Gasteiger partial charge in [-0.25, -0.2) is 0 Å². The predicted molar refractivity (Wildman–Crippen MR) is 87.1 cm³/mol. The summed E-state index contributed by atoms with van der Waals surface area (Å²) in [6.07, 6.45) is 0.937. The number of hydrogen-bond acceptors (Lipinski definition) is 2. The molecule has 3 nitrogen and oxygen atoms in total. The van der Waals surface area contributed by atoms with E-state index in [0.717, 1.165) is 18.5 Å². The highest BCUT2D eigenvalue weighted by Gasteiger charge is 2.15. The molecule has 0 bridgehead atoms. The average molecular weight is 282 g/mol. The second-order valence-corrected chi connectivity index (χ2v) is 5.33. The van der Waals surface area contributed by atoms with Gasteiger partial charge in [0.15, 0.2) is 0 Å². The number of anilines is 1. The summed E-state index contributed by atoms with van der Waals surface area (Å²) in [6, 6.07) is 15.4. The molecule has 1 amide bonds. The minimum Gasteiger partial charge on any atom is -0.399 e. The van der Waals surface area contributed by atoms with Crippen LogP contribution in [0.25, 0.3) is 0 Å². The maximum absolute atomic E-state index is 12.6. The molecule has 0 heterocycles. The fraction of sp³-hybridized carbons (Fsp3) is 0.278. The third-order valence-corrected chi connectivity index (χ3v) is 3.43. The molecule has 21 heavy (non-hydrogen) atoms. The molecule has 0 saturated carbocycles. The Morgan fingerprint density at radius 3 is 2.24 bits per heavy atom. The van der Waals surface area contributed by atoms with Crippen LogP contribution in [0.3, 0.4) is 0 Å². The van der Waals surface area contributed by atoms with Crippen molar-refractivity contribution in [1.82, 2.24) is 4.90 Å². The van der Waals surface area contributed by atoms with E-state index in [0.29, 0.717) is 17.8 Å². The Kier molecular flexibility index (Phi) is 4.99. The van der Waals surface area contributed by atoms with Crippen molar-refractivity contribution >= 4 is 11.6 Å². The van der Waals surface area contributed by atoms with Crippen LogP contribution >= 0.6 is 0 Å². The highest BCUT2D eigenvalue weighted by molar-refractivity contribution is 5.94. The first kappa shape index (κ1) is 15.1. The second-order valence-electron chi connectivity index (χ2n) is 5.33. The molecule has 3 heteroatoms. The lowest BCUT2D eigenvalue weighted by Gasteiger charge is -2.22. The number of aryl methyl sites for hydroxylation is 1. The van der Waals surface area contributed by atoms with Crippen molar-refractivity contribution in [3.63, 3.8) is 0 Å². The van der Waals surface area contributed by atoms with Gasteiger partial charge in [-0.3, -0.25) is 4.79 Å². The molecule has 0 aliphatic carbocycles. The van der Waals surface area contributed by atoms with Crippen molar-refractivity contribution in [1.29, 1.82) is 0 Å². The topological polar surface area (TPSA) is 46.3 Å². The van der Waals surface area contributed by atoms with Gasteiger partial charge in [-0.2, -0.15) is 0 Å². The van der Waals surface area contributed by atoms with Gasteiger partial charge in [-0.1, -0.05) is 36.8 Å². The number of nitrogens with zero attached hydrogens (tertiary/aromatic N) is 1. The lowest BCUT2D eigenvalue weighted by Crippen LogP contribution is -2.31. The highest BCUT2D eigenvalue weighted by Crippen LogP contribution is 2.13. The van der Waals surface area contributed by atoms with Gasteiger partial charge < -0.3 is 10.6 Å². The van der Waals surface area contributed by atoms with Gasteiger partial charge in [0.2, 0.25) is 0 Å². The zero-order chi connectivity index (χ0) is 15.2. The molecule has 110 valence electrons. The van der Waals surface area contributed by atoms with E-state index in [1.54, 1.807) is 24.3 Å². The standard InChI is InChI=1S/C18H22N2O/c1-3-12-20(13-15-6-4-14(2)5-7-15)18(21)16-8-10-17(19)11-9-16/h4-11H,3,12-13,19H2,1-2H3. The monoisotopic (exact) mass is 282 g/mol. The molecular weight excluding hydrogens is 260 g/mol. The zero-order valence-electron chi connectivity index (χ0n) is 12.7. The summed E-state index contributed by atoms with van der Waals surface area (Å²) >= 11 is 0. The molecule has 2 aromatic carbocycles. The normalized spacial score (nSPS) is 10.4. The van der Waals surface area contributed by atoms with Crippen molar-refractivity contribution in [2.24, 2.45) is 0 Å². The van der Waals surface area contributed by atoms with E-state index < -0.39 is 0 Å². The van der Waals surface area contributed by atoms with Crippen LogP contribution in [-0.4, -0.2) is 17.4 Å². The van der Waals surface area contributed by atoms with E-state index >= 15 is 0 Å². The molecule has 0 fully saturated rings. The third kappa shape index (κ3) is 4.09.